The lowest BCUT2D eigenvalue weighted by molar-refractivity contribution is -0.0495. The highest BCUT2D eigenvalue weighted by Crippen LogP contribution is 2.38. The van der Waals surface area contributed by atoms with E-state index in [0.29, 0.717) is 18.8 Å². The molecule has 1 fully saturated rings. The zero-order chi connectivity index (χ0) is 15.3. The molecule has 1 aliphatic carbocycles. The minimum absolute atomic E-state index is 0.0253. The molecule has 1 saturated carbocycles. The number of nitrogens with one attached hydrogen (secondary N) is 1. The van der Waals surface area contributed by atoms with Crippen LogP contribution < -0.4 is 5.32 Å². The molecule has 1 atom stereocenters. The molecule has 2 rings (SSSR count). The molecule has 1 nitrogen and oxygen atoms in total. The van der Waals surface area contributed by atoms with E-state index in [-0.39, 0.29) is 18.9 Å². The topological polar surface area (TPSA) is 12.0 Å². The normalized spacial score (nSPS) is 20.4. The van der Waals surface area contributed by atoms with Gasteiger partial charge in [-0.3, -0.25) is 0 Å². The van der Waals surface area contributed by atoms with Crippen LogP contribution in [0.4, 0.5) is 8.78 Å². The van der Waals surface area contributed by atoms with Crippen molar-refractivity contribution in [2.75, 3.05) is 6.54 Å². The molecule has 0 saturated heterocycles. The van der Waals surface area contributed by atoms with Gasteiger partial charge in [-0.25, -0.2) is 8.78 Å². The van der Waals surface area contributed by atoms with Crippen molar-refractivity contribution in [3.05, 3.63) is 34.9 Å². The van der Waals surface area contributed by atoms with Gasteiger partial charge >= 0.3 is 0 Å². The van der Waals surface area contributed by atoms with Gasteiger partial charge in [0.05, 0.1) is 0 Å². The first-order valence-corrected chi connectivity index (χ1v) is 8.23. The third-order valence-electron chi connectivity index (χ3n) is 4.33. The number of benzene rings is 1. The van der Waals surface area contributed by atoms with Gasteiger partial charge < -0.3 is 5.32 Å². The lowest BCUT2D eigenvalue weighted by Gasteiger charge is -2.34. The second kappa shape index (κ2) is 7.55. The van der Waals surface area contributed by atoms with E-state index in [1.54, 1.807) is 0 Å². The highest BCUT2D eigenvalue weighted by Gasteiger charge is 2.37. The Morgan fingerprint density at radius 1 is 1.33 bits per heavy atom. The second-order valence-corrected chi connectivity index (χ2v) is 6.52. The maximum atomic E-state index is 13.3. The van der Waals surface area contributed by atoms with Crippen molar-refractivity contribution in [3.63, 3.8) is 0 Å². The van der Waals surface area contributed by atoms with Gasteiger partial charge in [-0.05, 0) is 55.8 Å². The number of alkyl halides is 2. The van der Waals surface area contributed by atoms with Crippen LogP contribution in [0.3, 0.4) is 0 Å². The lowest BCUT2D eigenvalue weighted by Crippen LogP contribution is -2.41. The summed E-state index contributed by atoms with van der Waals surface area (Å²) in [5.74, 6) is -2.13. The standard InChI is InChI=1S/C17H24ClF2N/c1-2-10-21-16(12-13-4-3-5-15(18)11-13)14-6-8-17(19,20)9-7-14/h3-5,11,14,16,21H,2,6-10,12H2,1H3. The Balaban J connectivity index is 2.00. The largest absolute Gasteiger partial charge is 0.313 e. The van der Waals surface area contributed by atoms with Crippen LogP contribution >= 0.6 is 11.6 Å². The third-order valence-corrected chi connectivity index (χ3v) is 4.57. The molecule has 1 unspecified atom stereocenters. The Kier molecular flexibility index (Phi) is 6.00. The van der Waals surface area contributed by atoms with Gasteiger partial charge in [0, 0.05) is 23.9 Å². The van der Waals surface area contributed by atoms with Crippen LogP contribution in [-0.2, 0) is 6.42 Å². The Labute approximate surface area is 131 Å². The first-order chi connectivity index (χ1) is 10.00. The van der Waals surface area contributed by atoms with Crippen molar-refractivity contribution in [3.8, 4) is 0 Å². The quantitative estimate of drug-likeness (QED) is 0.772. The van der Waals surface area contributed by atoms with E-state index in [1.807, 2.05) is 18.2 Å². The minimum atomic E-state index is -2.46. The van der Waals surface area contributed by atoms with Crippen molar-refractivity contribution < 1.29 is 8.78 Å². The van der Waals surface area contributed by atoms with Crippen LogP contribution in [0, 0.1) is 5.92 Å². The fraction of sp³-hybridized carbons (Fsp3) is 0.647. The Morgan fingerprint density at radius 2 is 2.05 bits per heavy atom. The van der Waals surface area contributed by atoms with Crippen molar-refractivity contribution in [2.45, 2.75) is 57.4 Å². The van der Waals surface area contributed by atoms with Gasteiger partial charge in [0.25, 0.3) is 0 Å². The molecule has 1 aromatic carbocycles. The van der Waals surface area contributed by atoms with Crippen LogP contribution in [0.25, 0.3) is 0 Å². The van der Waals surface area contributed by atoms with Crippen molar-refractivity contribution in [2.24, 2.45) is 5.92 Å². The molecular formula is C17H24ClF2N. The van der Waals surface area contributed by atoms with Gasteiger partial charge in [-0.2, -0.15) is 0 Å². The summed E-state index contributed by atoms with van der Waals surface area (Å²) in [7, 11) is 0. The lowest BCUT2D eigenvalue weighted by atomic mass is 9.80. The average Bonchev–Trinajstić information content (AvgIpc) is 2.44. The van der Waals surface area contributed by atoms with Crippen molar-refractivity contribution in [1.29, 1.82) is 0 Å². The Morgan fingerprint density at radius 3 is 2.67 bits per heavy atom. The molecular weight excluding hydrogens is 292 g/mol. The molecule has 1 aliphatic rings. The summed E-state index contributed by atoms with van der Waals surface area (Å²) >= 11 is 6.04. The fourth-order valence-corrected chi connectivity index (χ4v) is 3.33. The molecule has 0 bridgehead atoms. The number of hydrogen-bond acceptors (Lipinski definition) is 1. The highest BCUT2D eigenvalue weighted by atomic mass is 35.5. The average molecular weight is 316 g/mol. The Hall–Kier alpha value is -0.670. The molecule has 1 aromatic rings. The fourth-order valence-electron chi connectivity index (χ4n) is 3.12. The zero-order valence-electron chi connectivity index (χ0n) is 12.5. The van der Waals surface area contributed by atoms with Gasteiger partial charge in [0.2, 0.25) is 5.92 Å². The third kappa shape index (κ3) is 5.23. The molecule has 118 valence electrons. The molecule has 4 heteroatoms. The highest BCUT2D eigenvalue weighted by molar-refractivity contribution is 6.30. The summed E-state index contributed by atoms with van der Waals surface area (Å²) < 4.78 is 26.7. The van der Waals surface area contributed by atoms with Gasteiger partial charge in [0.1, 0.15) is 0 Å². The molecule has 0 aliphatic heterocycles. The summed E-state index contributed by atoms with van der Waals surface area (Å²) in [6.07, 6.45) is 3.17. The van der Waals surface area contributed by atoms with Crippen molar-refractivity contribution >= 4 is 11.6 Å². The van der Waals surface area contributed by atoms with E-state index in [0.717, 1.165) is 24.4 Å². The van der Waals surface area contributed by atoms with Crippen LogP contribution in [0.5, 0.6) is 0 Å². The minimum Gasteiger partial charge on any atom is -0.313 e. The van der Waals surface area contributed by atoms with Crippen LogP contribution in [0.2, 0.25) is 5.02 Å². The van der Waals surface area contributed by atoms with Crippen LogP contribution in [0.15, 0.2) is 24.3 Å². The monoisotopic (exact) mass is 315 g/mol. The Bertz CT molecular complexity index is 440. The van der Waals surface area contributed by atoms with Gasteiger partial charge in [0.15, 0.2) is 0 Å². The summed E-state index contributed by atoms with van der Waals surface area (Å²) in [5, 5.41) is 4.28. The number of halogens is 3. The van der Waals surface area contributed by atoms with E-state index in [9.17, 15) is 8.78 Å². The smallest absolute Gasteiger partial charge is 0.248 e. The molecule has 0 amide bonds. The second-order valence-electron chi connectivity index (χ2n) is 6.09. The predicted octanol–water partition coefficient (Wildman–Crippen LogP) is 5.08. The van der Waals surface area contributed by atoms with E-state index in [2.05, 4.69) is 18.3 Å². The maximum absolute atomic E-state index is 13.3. The van der Waals surface area contributed by atoms with E-state index < -0.39 is 5.92 Å². The van der Waals surface area contributed by atoms with Crippen LogP contribution in [0.1, 0.15) is 44.6 Å². The molecule has 0 spiro atoms. The summed E-state index contributed by atoms with van der Waals surface area (Å²) in [6, 6.07) is 8.10. The number of rotatable bonds is 6. The van der Waals surface area contributed by atoms with E-state index in [1.165, 1.54) is 5.56 Å². The molecule has 0 aromatic heterocycles. The van der Waals surface area contributed by atoms with Crippen LogP contribution in [-0.4, -0.2) is 18.5 Å². The summed E-state index contributed by atoms with van der Waals surface area (Å²) in [6.45, 7) is 3.05. The SMILES string of the molecule is CCCNC(Cc1cccc(Cl)c1)C1CCC(F)(F)CC1. The summed E-state index contributed by atoms with van der Waals surface area (Å²) in [4.78, 5) is 0. The van der Waals surface area contributed by atoms with E-state index >= 15 is 0 Å². The molecule has 0 radical (unpaired) electrons. The maximum Gasteiger partial charge on any atom is 0.248 e. The first kappa shape index (κ1) is 16.7. The van der Waals surface area contributed by atoms with Crippen molar-refractivity contribution in [1.82, 2.24) is 5.32 Å². The first-order valence-electron chi connectivity index (χ1n) is 7.86. The molecule has 1 N–H and O–H groups in total. The molecule has 0 heterocycles. The summed E-state index contributed by atoms with van der Waals surface area (Å²) in [5.41, 5.74) is 1.17. The van der Waals surface area contributed by atoms with Gasteiger partial charge in [-0.1, -0.05) is 30.7 Å². The molecule has 21 heavy (non-hydrogen) atoms. The zero-order valence-corrected chi connectivity index (χ0v) is 13.3. The van der Waals surface area contributed by atoms with Gasteiger partial charge in [-0.15, -0.1) is 0 Å². The predicted molar refractivity (Wildman–Crippen MR) is 84.1 cm³/mol. The number of hydrogen-bond donors (Lipinski definition) is 1. The van der Waals surface area contributed by atoms with E-state index in [4.69, 9.17) is 11.6 Å².